The van der Waals surface area contributed by atoms with Crippen molar-refractivity contribution in [2.75, 3.05) is 20.7 Å². The summed E-state index contributed by atoms with van der Waals surface area (Å²) in [5.41, 5.74) is -7.28. The first-order valence-electron chi connectivity index (χ1n) is 22.0. The number of aliphatic hydroxyl groups is 3. The van der Waals surface area contributed by atoms with Crippen molar-refractivity contribution in [2.45, 2.75) is 152 Å². The number of carbonyl (C=O) groups excluding carboxylic acids is 4. The highest BCUT2D eigenvalue weighted by Gasteiger charge is 2.81. The predicted octanol–water partition coefficient (Wildman–Crippen LogP) is 3.68. The average molecular weight is 910 g/mol. The molecule has 3 heterocycles. The van der Waals surface area contributed by atoms with Crippen molar-refractivity contribution >= 4 is 24.0 Å². The van der Waals surface area contributed by atoms with Gasteiger partial charge in [-0.3, -0.25) is 9.78 Å². The van der Waals surface area contributed by atoms with E-state index in [0.717, 1.165) is 6.07 Å². The largest absolute Gasteiger partial charge is 0.456 e. The lowest BCUT2D eigenvalue weighted by atomic mass is 9.44. The van der Waals surface area contributed by atoms with Gasteiger partial charge in [0, 0.05) is 43.2 Å². The molecule has 354 valence electrons. The van der Waals surface area contributed by atoms with Gasteiger partial charge in [0.1, 0.15) is 53.2 Å². The Morgan fingerprint density at radius 3 is 2.29 bits per heavy atom. The monoisotopic (exact) mass is 909 g/mol. The summed E-state index contributed by atoms with van der Waals surface area (Å²) in [6.07, 6.45) is -9.46. The Morgan fingerprint density at radius 1 is 1.02 bits per heavy atom. The van der Waals surface area contributed by atoms with E-state index in [1.54, 1.807) is 78.8 Å². The van der Waals surface area contributed by atoms with Crippen LogP contribution in [0.3, 0.4) is 0 Å². The Morgan fingerprint density at radius 2 is 1.71 bits per heavy atom. The second-order valence-corrected chi connectivity index (χ2v) is 20.4. The van der Waals surface area contributed by atoms with Crippen LogP contribution in [0.25, 0.3) is 0 Å². The molecule has 2 bridgehead atoms. The molecule has 17 nitrogen and oxygen atoms in total. The Kier molecular flexibility index (Phi) is 11.6. The number of rotatable bonds is 9. The maximum Gasteiger partial charge on any atom is 0.408 e. The number of nitrogens with zero attached hydrogens (tertiary/aromatic N) is 2. The lowest BCUT2D eigenvalue weighted by Crippen LogP contribution is -2.82. The predicted molar refractivity (Wildman–Crippen MR) is 225 cm³/mol. The van der Waals surface area contributed by atoms with E-state index in [9.17, 15) is 34.5 Å². The van der Waals surface area contributed by atoms with Gasteiger partial charge < -0.3 is 58.7 Å². The molecular weight excluding hydrogens is 850 g/mol. The lowest BCUT2D eigenvalue weighted by molar-refractivity contribution is -0.362. The van der Waals surface area contributed by atoms with E-state index in [-0.39, 0.29) is 24.6 Å². The van der Waals surface area contributed by atoms with Gasteiger partial charge in [-0.25, -0.2) is 18.8 Å². The van der Waals surface area contributed by atoms with Gasteiger partial charge in [-0.2, -0.15) is 0 Å². The van der Waals surface area contributed by atoms with Gasteiger partial charge >= 0.3 is 24.0 Å². The first-order chi connectivity index (χ1) is 30.3. The molecule has 3 saturated carbocycles. The molecule has 1 aromatic heterocycles. The zero-order valence-corrected chi connectivity index (χ0v) is 38.3. The molecule has 2 aromatic rings. The highest BCUT2D eigenvalue weighted by atomic mass is 19.1. The van der Waals surface area contributed by atoms with Crippen molar-refractivity contribution in [3.8, 4) is 0 Å². The van der Waals surface area contributed by atoms with E-state index in [0.29, 0.717) is 17.6 Å². The minimum Gasteiger partial charge on any atom is -0.456 e. The fraction of sp³-hybridized carbons (Fsp3) is 0.638. The number of fused-ring (bicyclic) bond motifs is 8. The third-order valence-electron chi connectivity index (χ3n) is 14.8. The number of likely N-dealkylation sites (N-methyl/N-ethyl adjacent to an activating group) is 1. The van der Waals surface area contributed by atoms with E-state index in [2.05, 4.69) is 10.3 Å². The summed E-state index contributed by atoms with van der Waals surface area (Å²) in [5, 5.41) is 40.6. The molecule has 65 heavy (non-hydrogen) atoms. The van der Waals surface area contributed by atoms with Crippen LogP contribution in [0.4, 0.5) is 9.18 Å². The number of aliphatic hydroxyl groups excluding tert-OH is 2. The van der Waals surface area contributed by atoms with Crippen LogP contribution in [0.1, 0.15) is 96.7 Å². The van der Waals surface area contributed by atoms with Crippen LogP contribution in [0.5, 0.6) is 0 Å². The summed E-state index contributed by atoms with van der Waals surface area (Å²) in [7, 11) is 3.77. The van der Waals surface area contributed by atoms with Crippen LogP contribution in [-0.2, 0) is 42.7 Å². The van der Waals surface area contributed by atoms with E-state index in [1.165, 1.54) is 19.2 Å². The average Bonchev–Trinajstić information content (AvgIpc) is 3.80. The fourth-order valence-corrected chi connectivity index (χ4v) is 11.4. The zero-order valence-electron chi connectivity index (χ0n) is 38.3. The highest BCUT2D eigenvalue weighted by molar-refractivity contribution is 5.89. The first kappa shape index (κ1) is 47.0. The maximum atomic E-state index is 15.4. The second-order valence-electron chi connectivity index (χ2n) is 20.4. The summed E-state index contributed by atoms with van der Waals surface area (Å²) in [5.74, 6) is -6.23. The number of hydrogen-bond acceptors (Lipinski definition) is 16. The van der Waals surface area contributed by atoms with Gasteiger partial charge in [0.2, 0.25) is 0 Å². The third-order valence-corrected chi connectivity index (χ3v) is 14.8. The number of hydrogen-bond donors (Lipinski definition) is 4. The van der Waals surface area contributed by atoms with Crippen molar-refractivity contribution in [1.82, 2.24) is 15.2 Å². The summed E-state index contributed by atoms with van der Waals surface area (Å²) < 4.78 is 60.0. The SMILES string of the molecule is CC(=O)O[C@@]12CO[C@@H]1C[C@H](O)[C@@]1(C)[C@@H]3OC4(CC4N(C)C)O[C@@H]3C3=C(C)[C@@H](OC(=O)[C@H](O)[C@@H](NC(=O)OC(C)(C)C)c4ncccc4F)C[C@@](O)([C@@H](OC(=O)c4ccccc4)[C@H]21)C3(C)C. The molecule has 8 rings (SSSR count). The van der Waals surface area contributed by atoms with Crippen LogP contribution in [-0.4, -0.2) is 141 Å². The minimum atomic E-state index is -2.28. The van der Waals surface area contributed by atoms with Crippen LogP contribution in [0.2, 0.25) is 0 Å². The van der Waals surface area contributed by atoms with Crippen molar-refractivity contribution in [1.29, 1.82) is 0 Å². The molecule has 4 N–H and O–H groups in total. The number of benzene rings is 1. The Hall–Kier alpha value is -4.56. The van der Waals surface area contributed by atoms with Gasteiger partial charge in [0.05, 0.1) is 36.3 Å². The van der Waals surface area contributed by atoms with Crippen LogP contribution >= 0.6 is 0 Å². The second kappa shape index (κ2) is 16.1. The molecule has 5 fully saturated rings. The first-order valence-corrected chi connectivity index (χ1v) is 22.0. The van der Waals surface area contributed by atoms with Gasteiger partial charge in [0.25, 0.3) is 0 Å². The van der Waals surface area contributed by atoms with Crippen LogP contribution in [0.15, 0.2) is 59.8 Å². The molecule has 18 heteroatoms. The van der Waals surface area contributed by atoms with Crippen molar-refractivity contribution < 1.29 is 72.0 Å². The van der Waals surface area contributed by atoms with Crippen molar-refractivity contribution in [2.24, 2.45) is 16.7 Å². The molecule has 1 aromatic carbocycles. The Labute approximate surface area is 376 Å². The summed E-state index contributed by atoms with van der Waals surface area (Å²) in [6, 6.07) is 8.42. The molecule has 14 atom stereocenters. The van der Waals surface area contributed by atoms with Gasteiger partial charge in [-0.1, -0.05) is 39.0 Å². The third kappa shape index (κ3) is 7.52. The topological polar surface area (TPSA) is 222 Å². The molecular formula is C47H60FN3O14. The minimum absolute atomic E-state index is 0.00363. The van der Waals surface area contributed by atoms with Crippen molar-refractivity contribution in [3.63, 3.8) is 0 Å². The summed E-state index contributed by atoms with van der Waals surface area (Å²) in [4.78, 5) is 61.2. The highest BCUT2D eigenvalue weighted by Crippen LogP contribution is 2.69. The number of esters is 3. The normalized spacial score (nSPS) is 37.5. The Balaban J connectivity index is 1.30. The number of pyridine rings is 1. The number of alkyl carbamates (subject to hydrolysis) is 1. The van der Waals surface area contributed by atoms with E-state index < -0.39 is 130 Å². The number of aromatic nitrogens is 1. The van der Waals surface area contributed by atoms with Gasteiger partial charge in [-0.05, 0) is 77.2 Å². The molecule has 4 aliphatic carbocycles. The molecule has 2 unspecified atom stereocenters. The van der Waals surface area contributed by atoms with E-state index in [4.69, 9.17) is 33.2 Å². The quantitative estimate of drug-likeness (QED) is 0.160. The number of ether oxygens (including phenoxy) is 7. The van der Waals surface area contributed by atoms with E-state index >= 15 is 4.39 Å². The maximum absolute atomic E-state index is 15.4. The molecule has 6 aliphatic rings. The van der Waals surface area contributed by atoms with Crippen molar-refractivity contribution in [3.05, 3.63) is 76.9 Å². The van der Waals surface area contributed by atoms with Gasteiger partial charge in [-0.15, -0.1) is 0 Å². The molecule has 2 aliphatic heterocycles. The number of carbonyl (C=O) groups is 4. The Bertz CT molecular complexity index is 2270. The lowest BCUT2D eigenvalue weighted by Gasteiger charge is -2.68. The van der Waals surface area contributed by atoms with Crippen LogP contribution in [0, 0.1) is 22.6 Å². The number of nitrogens with one attached hydrogen (secondary N) is 1. The molecule has 0 radical (unpaired) electrons. The van der Waals surface area contributed by atoms with Gasteiger partial charge in [0.15, 0.2) is 17.5 Å². The fourth-order valence-electron chi connectivity index (χ4n) is 11.4. The molecule has 1 spiro atoms. The van der Waals surface area contributed by atoms with Crippen LogP contribution < -0.4 is 5.32 Å². The standard InChI is InChI=1S/C47H60FN3O14/c1-23-27(60-40(56)34(54)33(32-26(48)17-14-18-49-32)50-41(57)65-42(3,4)5)20-46(58)38(61-39(55)25-15-12-11-13-16-25)36-44(8,29(53)19-30-45(36,22-59-30)62-24(2)52)37-35(31(23)43(46,6)7)63-47(64-37)21-28(47)51(9)10/h11-18,27-30,33-38,53-54,58H,19-22H2,1-10H3,(H,50,57)/t27-,28?,29-,30+,33-,34+,35+,36-,37+,38-,44+,45-,46+,47?/m0/s1. The molecule has 1 amide bonds. The molecule has 2 saturated heterocycles. The summed E-state index contributed by atoms with van der Waals surface area (Å²) in [6.45, 7) is 12.8. The van der Waals surface area contributed by atoms with E-state index in [1.807, 2.05) is 19.0 Å². The summed E-state index contributed by atoms with van der Waals surface area (Å²) >= 11 is 0. The number of halogens is 1. The number of amides is 1. The zero-order chi connectivity index (χ0) is 47.4. The smallest absolute Gasteiger partial charge is 0.408 e.